The lowest BCUT2D eigenvalue weighted by Gasteiger charge is -2.57. The molecule has 11 heteroatoms. The van der Waals surface area contributed by atoms with E-state index in [0.29, 0.717) is 48.6 Å². The quantitative estimate of drug-likeness (QED) is 0.438. The summed E-state index contributed by atoms with van der Waals surface area (Å²) in [6, 6.07) is 9.22. The van der Waals surface area contributed by atoms with Gasteiger partial charge >= 0.3 is 0 Å². The van der Waals surface area contributed by atoms with Crippen molar-refractivity contribution in [1.82, 2.24) is 24.4 Å². The SMILES string of the molecule is CC(C)(O)C(=O)N1C2CC1CN(c1ccc(-c3cc(OCCN4[C@@H]5CC[C@H]4CC(O)C5)cn4ncc(C#N)c34)cn1)C2. The lowest BCUT2D eigenvalue weighted by molar-refractivity contribution is -0.163. The molecule has 8 rings (SSSR count). The normalized spacial score (nSPS) is 27.2. The molecule has 5 aliphatic rings. The first-order valence-electron chi connectivity index (χ1n) is 14.9. The van der Waals surface area contributed by atoms with Crippen LogP contribution < -0.4 is 9.64 Å². The fourth-order valence-electron chi connectivity index (χ4n) is 7.53. The zero-order valence-corrected chi connectivity index (χ0v) is 24.1. The number of fused-ring (bicyclic) bond motifs is 5. The molecule has 0 radical (unpaired) electrons. The van der Waals surface area contributed by atoms with Crippen molar-refractivity contribution in [2.24, 2.45) is 0 Å². The molecule has 3 aromatic heterocycles. The fraction of sp³-hybridized carbons (Fsp3) is 0.548. The number of carbonyl (C=O) groups is 1. The summed E-state index contributed by atoms with van der Waals surface area (Å²) < 4.78 is 7.93. The minimum Gasteiger partial charge on any atom is -0.491 e. The number of rotatable bonds is 7. The highest BCUT2D eigenvalue weighted by atomic mass is 16.5. The van der Waals surface area contributed by atoms with E-state index in [2.05, 4.69) is 21.0 Å². The highest BCUT2D eigenvalue weighted by Gasteiger charge is 2.50. The molecule has 1 amide bonds. The Balaban J connectivity index is 1.08. The van der Waals surface area contributed by atoms with E-state index in [1.807, 2.05) is 35.5 Å². The first-order valence-corrected chi connectivity index (χ1v) is 14.9. The van der Waals surface area contributed by atoms with E-state index in [4.69, 9.17) is 9.72 Å². The van der Waals surface area contributed by atoms with Gasteiger partial charge in [-0.25, -0.2) is 9.50 Å². The van der Waals surface area contributed by atoms with E-state index in [1.54, 1.807) is 24.6 Å². The summed E-state index contributed by atoms with van der Waals surface area (Å²) in [6.45, 7) is 5.78. The minimum atomic E-state index is -1.37. The number of piperazine rings is 1. The van der Waals surface area contributed by atoms with Crippen LogP contribution in [0.3, 0.4) is 0 Å². The molecule has 0 saturated carbocycles. The number of nitrogens with zero attached hydrogens (tertiary/aromatic N) is 7. The van der Waals surface area contributed by atoms with Crippen molar-refractivity contribution in [3.8, 4) is 22.9 Å². The van der Waals surface area contributed by atoms with E-state index >= 15 is 0 Å². The zero-order chi connectivity index (χ0) is 29.2. The molecule has 4 bridgehead atoms. The van der Waals surface area contributed by atoms with Gasteiger partial charge in [-0.05, 0) is 64.2 Å². The average Bonchev–Trinajstić information content (AvgIpc) is 3.49. The van der Waals surface area contributed by atoms with Crippen molar-refractivity contribution in [3.05, 3.63) is 42.4 Å². The summed E-state index contributed by atoms with van der Waals surface area (Å²) >= 11 is 0. The molecule has 3 aromatic rings. The molecule has 5 saturated heterocycles. The molecule has 0 aromatic carbocycles. The third-order valence-electron chi connectivity index (χ3n) is 9.52. The van der Waals surface area contributed by atoms with Gasteiger partial charge in [0.15, 0.2) is 0 Å². The maximum Gasteiger partial charge on any atom is 0.254 e. The average molecular weight is 572 g/mol. The predicted molar refractivity (Wildman–Crippen MR) is 155 cm³/mol. The molecule has 0 aliphatic carbocycles. The van der Waals surface area contributed by atoms with Gasteiger partial charge < -0.3 is 24.7 Å². The molecule has 5 atom stereocenters. The number of amides is 1. The van der Waals surface area contributed by atoms with Crippen LogP contribution >= 0.6 is 0 Å². The van der Waals surface area contributed by atoms with Crippen LogP contribution in [0, 0.1) is 11.3 Å². The molecule has 3 unspecified atom stereocenters. The maximum atomic E-state index is 12.6. The monoisotopic (exact) mass is 571 g/mol. The van der Waals surface area contributed by atoms with Gasteiger partial charge in [-0.1, -0.05) is 0 Å². The van der Waals surface area contributed by atoms with Crippen molar-refractivity contribution in [2.75, 3.05) is 31.1 Å². The standard InChI is InChI=1S/C31H37N7O4/c1-31(2,41)30(40)38-23-9-24(38)17-35(16-23)28-6-3-19(14-33-28)27-12-26(18-37-29(27)20(13-32)15-34-37)42-8-7-36-21-4-5-22(36)11-25(39)10-21/h3,6,12,14-15,18,21-25,39,41H,4-5,7-11,16-17H2,1-2H3/t21-,22+,23?,24?,25?. The molecule has 5 fully saturated rings. The summed E-state index contributed by atoms with van der Waals surface area (Å²) in [7, 11) is 0. The van der Waals surface area contributed by atoms with Crippen LogP contribution in [0.25, 0.3) is 16.6 Å². The molecule has 11 nitrogen and oxygen atoms in total. The maximum absolute atomic E-state index is 12.6. The summed E-state index contributed by atoms with van der Waals surface area (Å²) in [4.78, 5) is 23.9. The number of ether oxygens (including phenoxy) is 1. The Hall–Kier alpha value is -3.72. The third kappa shape index (κ3) is 4.68. The highest BCUT2D eigenvalue weighted by molar-refractivity contribution is 5.86. The lowest BCUT2D eigenvalue weighted by atomic mass is 9.85. The summed E-state index contributed by atoms with van der Waals surface area (Å²) in [5.41, 5.74) is 1.51. The van der Waals surface area contributed by atoms with Crippen LogP contribution in [0.4, 0.5) is 5.82 Å². The number of aliphatic hydroxyl groups is 2. The molecule has 220 valence electrons. The van der Waals surface area contributed by atoms with Crippen LogP contribution in [-0.4, -0.2) is 103 Å². The van der Waals surface area contributed by atoms with Gasteiger partial charge in [-0.2, -0.15) is 10.4 Å². The number of hydrogen-bond acceptors (Lipinski definition) is 9. The second kappa shape index (κ2) is 10.2. The molecular weight excluding hydrogens is 534 g/mol. The van der Waals surface area contributed by atoms with Crippen LogP contribution in [-0.2, 0) is 4.79 Å². The summed E-state index contributed by atoms with van der Waals surface area (Å²) in [6.07, 6.45) is 9.93. The Bertz CT molecular complexity index is 1520. The Labute approximate surface area is 244 Å². The van der Waals surface area contributed by atoms with E-state index < -0.39 is 5.60 Å². The second-order valence-electron chi connectivity index (χ2n) is 12.8. The Morgan fingerprint density at radius 1 is 1.12 bits per heavy atom. The molecular formula is C31H37N7O4. The van der Waals surface area contributed by atoms with Gasteiger partial charge in [0, 0.05) is 49.0 Å². The van der Waals surface area contributed by atoms with E-state index in [1.165, 1.54) is 0 Å². The van der Waals surface area contributed by atoms with Gasteiger partial charge in [0.05, 0.1) is 41.7 Å². The largest absolute Gasteiger partial charge is 0.491 e. The van der Waals surface area contributed by atoms with Gasteiger partial charge in [0.2, 0.25) is 0 Å². The van der Waals surface area contributed by atoms with Crippen LogP contribution in [0.2, 0.25) is 0 Å². The molecule has 5 aliphatic heterocycles. The highest BCUT2D eigenvalue weighted by Crippen LogP contribution is 2.38. The van der Waals surface area contributed by atoms with E-state index in [-0.39, 0.29) is 24.1 Å². The van der Waals surface area contributed by atoms with Crippen molar-refractivity contribution in [2.45, 2.75) is 81.8 Å². The summed E-state index contributed by atoms with van der Waals surface area (Å²) in [5, 5.41) is 34.5. The predicted octanol–water partition coefficient (Wildman–Crippen LogP) is 2.19. The van der Waals surface area contributed by atoms with Gasteiger partial charge in [-0.3, -0.25) is 9.69 Å². The number of aliphatic hydroxyl groups excluding tert-OH is 1. The Morgan fingerprint density at radius 2 is 1.86 bits per heavy atom. The van der Waals surface area contributed by atoms with Gasteiger partial charge in [0.1, 0.15) is 29.8 Å². The topological polar surface area (TPSA) is 130 Å². The van der Waals surface area contributed by atoms with Crippen molar-refractivity contribution < 1.29 is 19.7 Å². The molecule has 0 spiro atoms. The minimum absolute atomic E-state index is 0.0767. The van der Waals surface area contributed by atoms with Gasteiger partial charge in [-0.15, -0.1) is 0 Å². The van der Waals surface area contributed by atoms with Crippen LogP contribution in [0.15, 0.2) is 36.8 Å². The third-order valence-corrected chi connectivity index (χ3v) is 9.52. The number of hydrogen-bond donors (Lipinski definition) is 2. The summed E-state index contributed by atoms with van der Waals surface area (Å²) in [5.74, 6) is 1.29. The number of anilines is 1. The van der Waals surface area contributed by atoms with Crippen LogP contribution in [0.1, 0.15) is 51.5 Å². The van der Waals surface area contributed by atoms with Crippen molar-refractivity contribution in [1.29, 1.82) is 5.26 Å². The number of pyridine rings is 2. The smallest absolute Gasteiger partial charge is 0.254 e. The van der Waals surface area contributed by atoms with E-state index in [9.17, 15) is 20.3 Å². The lowest BCUT2D eigenvalue weighted by Crippen LogP contribution is -2.72. The number of carbonyl (C=O) groups excluding carboxylic acids is 1. The van der Waals surface area contributed by atoms with Crippen molar-refractivity contribution >= 4 is 17.2 Å². The van der Waals surface area contributed by atoms with Crippen molar-refractivity contribution in [3.63, 3.8) is 0 Å². The molecule has 8 heterocycles. The first-order chi connectivity index (χ1) is 20.2. The molecule has 42 heavy (non-hydrogen) atoms. The molecule has 2 N–H and O–H groups in total. The van der Waals surface area contributed by atoms with E-state index in [0.717, 1.165) is 55.6 Å². The van der Waals surface area contributed by atoms with Crippen LogP contribution in [0.5, 0.6) is 5.75 Å². The zero-order valence-electron chi connectivity index (χ0n) is 24.1. The first kappa shape index (κ1) is 27.1. The number of aromatic nitrogens is 3. The number of piperidine rings is 2. The number of nitriles is 1. The fourth-order valence-corrected chi connectivity index (χ4v) is 7.53. The Morgan fingerprint density at radius 3 is 2.50 bits per heavy atom. The second-order valence-corrected chi connectivity index (χ2v) is 12.8. The Kier molecular flexibility index (Phi) is 6.60. The van der Waals surface area contributed by atoms with Gasteiger partial charge in [0.25, 0.3) is 5.91 Å².